The van der Waals surface area contributed by atoms with Gasteiger partial charge in [-0.3, -0.25) is 4.98 Å². The Hall–Kier alpha value is -2.95. The van der Waals surface area contributed by atoms with Gasteiger partial charge in [0, 0.05) is 44.0 Å². The monoisotopic (exact) mass is 346 g/mol. The molecule has 0 N–H and O–H groups in total. The molecule has 0 amide bonds. The number of piperidine rings is 1. The minimum absolute atomic E-state index is 0.152. The molecule has 5 nitrogen and oxygen atoms in total. The second-order valence-electron chi connectivity index (χ2n) is 6.58. The molecule has 1 aliphatic rings. The summed E-state index contributed by atoms with van der Waals surface area (Å²) in [5.41, 5.74) is 1.33. The highest BCUT2D eigenvalue weighted by atomic mass is 16.5. The average molecular weight is 346 g/mol. The molecule has 0 bridgehead atoms. The average Bonchev–Trinajstić information content (AvgIpc) is 2.71. The molecule has 1 aromatic carbocycles. The minimum Gasteiger partial charge on any atom is -0.488 e. The molecule has 1 fully saturated rings. The first-order valence-electron chi connectivity index (χ1n) is 9.01. The van der Waals surface area contributed by atoms with Crippen LogP contribution in [0.1, 0.15) is 12.0 Å². The lowest BCUT2D eigenvalue weighted by Crippen LogP contribution is -2.47. The smallest absolute Gasteiger partial charge is 0.225 e. The number of nitrogens with zero attached hydrogens (tertiary/aromatic N) is 4. The predicted octanol–water partition coefficient (Wildman–Crippen LogP) is 3.39. The third-order valence-electron chi connectivity index (χ3n) is 4.76. The van der Waals surface area contributed by atoms with E-state index >= 15 is 0 Å². The van der Waals surface area contributed by atoms with Crippen molar-refractivity contribution in [3.05, 3.63) is 78.9 Å². The number of hydrogen-bond acceptors (Lipinski definition) is 5. The zero-order chi connectivity index (χ0) is 17.6. The summed E-state index contributed by atoms with van der Waals surface area (Å²) in [6, 6.07) is 16.3. The number of aromatic nitrogens is 3. The maximum absolute atomic E-state index is 6.29. The number of anilines is 1. The van der Waals surface area contributed by atoms with Crippen LogP contribution in [0.5, 0.6) is 5.75 Å². The summed E-state index contributed by atoms with van der Waals surface area (Å²) >= 11 is 0. The number of rotatable bonds is 5. The second-order valence-corrected chi connectivity index (χ2v) is 6.58. The van der Waals surface area contributed by atoms with E-state index in [1.54, 1.807) is 24.8 Å². The first-order valence-corrected chi connectivity index (χ1v) is 9.01. The Bertz CT molecular complexity index is 798. The van der Waals surface area contributed by atoms with Gasteiger partial charge in [0.2, 0.25) is 5.95 Å². The van der Waals surface area contributed by atoms with Gasteiger partial charge in [0.05, 0.1) is 6.20 Å². The molecule has 3 heterocycles. The molecule has 0 aliphatic carbocycles. The van der Waals surface area contributed by atoms with Crippen molar-refractivity contribution in [1.82, 2.24) is 15.0 Å². The van der Waals surface area contributed by atoms with E-state index in [0.717, 1.165) is 37.6 Å². The van der Waals surface area contributed by atoms with E-state index in [-0.39, 0.29) is 6.10 Å². The van der Waals surface area contributed by atoms with Crippen molar-refractivity contribution in [2.75, 3.05) is 18.0 Å². The fourth-order valence-corrected chi connectivity index (χ4v) is 3.51. The van der Waals surface area contributed by atoms with E-state index in [1.165, 1.54) is 5.56 Å². The zero-order valence-electron chi connectivity index (χ0n) is 14.6. The maximum Gasteiger partial charge on any atom is 0.225 e. The standard InChI is InChI=1S/C21H22N4O/c1-2-6-17(7-3-1)14-18-16-25(21-23-11-5-12-24-21)13-9-20(18)26-19-8-4-10-22-15-19/h1-8,10-12,15,18,20H,9,13-14,16H2/t18-,20+/m0/s1. The Labute approximate surface area is 153 Å². The Morgan fingerprint density at radius 3 is 2.58 bits per heavy atom. The molecule has 0 radical (unpaired) electrons. The van der Waals surface area contributed by atoms with Crippen molar-refractivity contribution in [3.8, 4) is 5.75 Å². The number of pyridine rings is 1. The molecule has 132 valence electrons. The van der Waals surface area contributed by atoms with Crippen molar-refractivity contribution in [2.45, 2.75) is 18.9 Å². The van der Waals surface area contributed by atoms with Gasteiger partial charge >= 0.3 is 0 Å². The van der Waals surface area contributed by atoms with Gasteiger partial charge in [0.1, 0.15) is 11.9 Å². The van der Waals surface area contributed by atoms with Crippen LogP contribution in [0.15, 0.2) is 73.3 Å². The van der Waals surface area contributed by atoms with Crippen LogP contribution in [-0.2, 0) is 6.42 Å². The third-order valence-corrected chi connectivity index (χ3v) is 4.76. The minimum atomic E-state index is 0.152. The molecule has 1 saturated heterocycles. The molecule has 4 rings (SSSR count). The molecule has 2 aromatic heterocycles. The molecule has 2 atom stereocenters. The van der Waals surface area contributed by atoms with Crippen molar-refractivity contribution in [2.24, 2.45) is 5.92 Å². The van der Waals surface area contributed by atoms with Crippen LogP contribution in [0.2, 0.25) is 0 Å². The largest absolute Gasteiger partial charge is 0.488 e. The Morgan fingerprint density at radius 2 is 1.81 bits per heavy atom. The third kappa shape index (κ3) is 3.99. The van der Waals surface area contributed by atoms with E-state index in [0.29, 0.717) is 5.92 Å². The Balaban J connectivity index is 1.53. The first-order chi connectivity index (χ1) is 12.9. The van der Waals surface area contributed by atoms with Crippen molar-refractivity contribution < 1.29 is 4.74 Å². The fraction of sp³-hybridized carbons (Fsp3) is 0.286. The zero-order valence-corrected chi connectivity index (χ0v) is 14.6. The van der Waals surface area contributed by atoms with Gasteiger partial charge in [-0.25, -0.2) is 9.97 Å². The van der Waals surface area contributed by atoms with Gasteiger partial charge in [-0.05, 0) is 30.2 Å². The molecular formula is C21H22N4O. The van der Waals surface area contributed by atoms with E-state index in [9.17, 15) is 0 Å². The molecule has 1 aliphatic heterocycles. The van der Waals surface area contributed by atoms with Crippen molar-refractivity contribution in [3.63, 3.8) is 0 Å². The first kappa shape index (κ1) is 16.5. The highest BCUT2D eigenvalue weighted by Crippen LogP contribution is 2.27. The maximum atomic E-state index is 6.29. The summed E-state index contributed by atoms with van der Waals surface area (Å²) in [6.07, 6.45) is 9.20. The van der Waals surface area contributed by atoms with Crippen LogP contribution in [0, 0.1) is 5.92 Å². The highest BCUT2D eigenvalue weighted by molar-refractivity contribution is 5.30. The van der Waals surface area contributed by atoms with E-state index < -0.39 is 0 Å². The van der Waals surface area contributed by atoms with Gasteiger partial charge in [0.25, 0.3) is 0 Å². The lowest BCUT2D eigenvalue weighted by atomic mass is 9.88. The molecule has 0 spiro atoms. The summed E-state index contributed by atoms with van der Waals surface area (Å²) in [7, 11) is 0. The van der Waals surface area contributed by atoms with Crippen LogP contribution in [0.3, 0.4) is 0 Å². The van der Waals surface area contributed by atoms with Crippen LogP contribution < -0.4 is 9.64 Å². The second kappa shape index (κ2) is 7.95. The van der Waals surface area contributed by atoms with Crippen LogP contribution in [-0.4, -0.2) is 34.1 Å². The van der Waals surface area contributed by atoms with E-state index in [1.807, 2.05) is 18.2 Å². The van der Waals surface area contributed by atoms with Crippen LogP contribution in [0.4, 0.5) is 5.95 Å². The van der Waals surface area contributed by atoms with Crippen LogP contribution >= 0.6 is 0 Å². The Kier molecular flexibility index (Phi) is 5.05. The summed E-state index contributed by atoms with van der Waals surface area (Å²) in [5, 5.41) is 0. The lowest BCUT2D eigenvalue weighted by molar-refractivity contribution is 0.111. The predicted molar refractivity (Wildman–Crippen MR) is 101 cm³/mol. The summed E-state index contributed by atoms with van der Waals surface area (Å²) < 4.78 is 6.29. The fourth-order valence-electron chi connectivity index (χ4n) is 3.51. The molecule has 0 unspecified atom stereocenters. The number of ether oxygens (including phenoxy) is 1. The normalized spacial score (nSPS) is 19.9. The van der Waals surface area contributed by atoms with Gasteiger partial charge in [-0.1, -0.05) is 30.3 Å². The quantitative estimate of drug-likeness (QED) is 0.709. The molecule has 0 saturated carbocycles. The summed E-state index contributed by atoms with van der Waals surface area (Å²) in [5.74, 6) is 1.99. The topological polar surface area (TPSA) is 51.1 Å². The van der Waals surface area contributed by atoms with Gasteiger partial charge in [0.15, 0.2) is 0 Å². The van der Waals surface area contributed by atoms with E-state index in [2.05, 4.69) is 50.2 Å². The number of hydrogen-bond donors (Lipinski definition) is 0. The van der Waals surface area contributed by atoms with Crippen molar-refractivity contribution in [1.29, 1.82) is 0 Å². The van der Waals surface area contributed by atoms with Gasteiger partial charge in [-0.15, -0.1) is 0 Å². The van der Waals surface area contributed by atoms with E-state index in [4.69, 9.17) is 4.74 Å². The summed E-state index contributed by atoms with van der Waals surface area (Å²) in [4.78, 5) is 15.3. The van der Waals surface area contributed by atoms with Gasteiger partial charge in [-0.2, -0.15) is 0 Å². The summed E-state index contributed by atoms with van der Waals surface area (Å²) in [6.45, 7) is 1.77. The van der Waals surface area contributed by atoms with Crippen LogP contribution in [0.25, 0.3) is 0 Å². The molecule has 3 aromatic rings. The SMILES string of the molecule is c1ccc(C[C@H]2CN(c3ncccn3)CC[C@H]2Oc2cccnc2)cc1. The molecule has 5 heteroatoms. The lowest BCUT2D eigenvalue weighted by Gasteiger charge is -2.38. The Morgan fingerprint density at radius 1 is 0.962 bits per heavy atom. The molecular weight excluding hydrogens is 324 g/mol. The number of benzene rings is 1. The molecule has 26 heavy (non-hydrogen) atoms. The van der Waals surface area contributed by atoms with Crippen molar-refractivity contribution >= 4 is 5.95 Å². The highest BCUT2D eigenvalue weighted by Gasteiger charge is 2.32. The van der Waals surface area contributed by atoms with Gasteiger partial charge < -0.3 is 9.64 Å².